The van der Waals surface area contributed by atoms with Crippen molar-refractivity contribution in [1.29, 1.82) is 0 Å². The molecule has 8 heteroatoms. The number of benzene rings is 2. The molecule has 1 fully saturated rings. The van der Waals surface area contributed by atoms with Gasteiger partial charge in [-0.15, -0.1) is 0 Å². The fourth-order valence-electron chi connectivity index (χ4n) is 3.16. The molecule has 2 aromatic rings. The van der Waals surface area contributed by atoms with E-state index in [-0.39, 0.29) is 36.6 Å². The first kappa shape index (κ1) is 22.2. The Hall–Kier alpha value is -3.52. The number of nitrogens with one attached hydrogen (secondary N) is 2. The first-order valence-electron chi connectivity index (χ1n) is 10.1. The van der Waals surface area contributed by atoms with E-state index in [2.05, 4.69) is 10.6 Å². The molecule has 0 atom stereocenters. The van der Waals surface area contributed by atoms with Gasteiger partial charge in [0.05, 0.1) is 13.1 Å². The second-order valence-electron chi connectivity index (χ2n) is 7.17. The first-order valence-corrected chi connectivity index (χ1v) is 10.1. The number of hydrogen-bond acceptors (Lipinski definition) is 4. The summed E-state index contributed by atoms with van der Waals surface area (Å²) < 4.78 is 12.9. The third-order valence-corrected chi connectivity index (χ3v) is 4.86. The standard InChI is InChI=1S/C23H25FN4O3/c24-19-7-9-20(10-8-19)26-22(30)17-27-12-14-28(15-13-27)23(31)16-25-21(29)11-6-18-4-2-1-3-5-18/h1-11H,12-17H2,(H,25,29)(H,26,30)/b11-6+. The Morgan fingerprint density at radius 1 is 0.935 bits per heavy atom. The molecule has 7 nitrogen and oxygen atoms in total. The zero-order valence-electron chi connectivity index (χ0n) is 17.1. The van der Waals surface area contributed by atoms with Gasteiger partial charge >= 0.3 is 0 Å². The van der Waals surface area contributed by atoms with Crippen LogP contribution in [0.4, 0.5) is 10.1 Å². The number of anilines is 1. The maximum absolute atomic E-state index is 12.9. The molecule has 1 aliphatic heterocycles. The number of rotatable bonds is 7. The molecule has 1 saturated heterocycles. The van der Waals surface area contributed by atoms with Crippen LogP contribution >= 0.6 is 0 Å². The van der Waals surface area contributed by atoms with Crippen LogP contribution in [-0.2, 0) is 14.4 Å². The maximum atomic E-state index is 12.9. The largest absolute Gasteiger partial charge is 0.343 e. The molecule has 1 aliphatic rings. The Morgan fingerprint density at radius 3 is 2.29 bits per heavy atom. The Morgan fingerprint density at radius 2 is 1.61 bits per heavy atom. The summed E-state index contributed by atoms with van der Waals surface area (Å²) >= 11 is 0. The third-order valence-electron chi connectivity index (χ3n) is 4.86. The smallest absolute Gasteiger partial charge is 0.244 e. The molecule has 0 aromatic heterocycles. The lowest BCUT2D eigenvalue weighted by Crippen LogP contribution is -2.52. The molecule has 2 aromatic carbocycles. The Kier molecular flexibility index (Phi) is 7.89. The molecule has 2 N–H and O–H groups in total. The average Bonchev–Trinajstić information content (AvgIpc) is 2.79. The SMILES string of the molecule is O=C(/C=C/c1ccccc1)NCC(=O)N1CCN(CC(=O)Nc2ccc(F)cc2)CC1. The predicted octanol–water partition coefficient (Wildman–Crippen LogP) is 1.74. The summed E-state index contributed by atoms with van der Waals surface area (Å²) in [7, 11) is 0. The molecule has 0 bridgehead atoms. The van der Waals surface area contributed by atoms with E-state index in [4.69, 9.17) is 0 Å². The molecule has 1 heterocycles. The fourth-order valence-corrected chi connectivity index (χ4v) is 3.16. The van der Waals surface area contributed by atoms with Gasteiger partial charge in [0.15, 0.2) is 0 Å². The van der Waals surface area contributed by atoms with Gasteiger partial charge in [-0.05, 0) is 35.9 Å². The molecule has 0 aliphatic carbocycles. The van der Waals surface area contributed by atoms with E-state index >= 15 is 0 Å². The minimum Gasteiger partial charge on any atom is -0.343 e. The summed E-state index contributed by atoms with van der Waals surface area (Å²) in [4.78, 5) is 40.0. The van der Waals surface area contributed by atoms with Crippen molar-refractivity contribution in [3.63, 3.8) is 0 Å². The zero-order valence-corrected chi connectivity index (χ0v) is 17.1. The van der Waals surface area contributed by atoms with Gasteiger partial charge in [0.1, 0.15) is 5.82 Å². The van der Waals surface area contributed by atoms with Gasteiger partial charge in [0.2, 0.25) is 17.7 Å². The highest BCUT2D eigenvalue weighted by Gasteiger charge is 2.22. The molecule has 3 rings (SSSR count). The van der Waals surface area contributed by atoms with E-state index in [0.717, 1.165) is 5.56 Å². The van der Waals surface area contributed by atoms with E-state index in [1.165, 1.54) is 30.3 Å². The summed E-state index contributed by atoms with van der Waals surface area (Å²) in [6, 6.07) is 15.0. The van der Waals surface area contributed by atoms with Gasteiger partial charge in [0, 0.05) is 37.9 Å². The first-order chi connectivity index (χ1) is 15.0. The van der Waals surface area contributed by atoms with Crippen LogP contribution in [0.5, 0.6) is 0 Å². The second kappa shape index (κ2) is 11.0. The Bertz CT molecular complexity index is 924. The second-order valence-corrected chi connectivity index (χ2v) is 7.17. The zero-order chi connectivity index (χ0) is 22.1. The lowest BCUT2D eigenvalue weighted by atomic mass is 10.2. The van der Waals surface area contributed by atoms with Gasteiger partial charge in [-0.25, -0.2) is 4.39 Å². The lowest BCUT2D eigenvalue weighted by molar-refractivity contribution is -0.133. The molecule has 0 unspecified atom stereocenters. The molecule has 3 amide bonds. The van der Waals surface area contributed by atoms with Crippen molar-refractivity contribution < 1.29 is 18.8 Å². The third kappa shape index (κ3) is 7.35. The summed E-state index contributed by atoms with van der Waals surface area (Å²) in [6.45, 7) is 2.22. The van der Waals surface area contributed by atoms with E-state index in [1.54, 1.807) is 11.0 Å². The Labute approximate surface area is 180 Å². The number of carbonyl (C=O) groups excluding carboxylic acids is 3. The highest BCUT2D eigenvalue weighted by molar-refractivity contribution is 5.94. The summed E-state index contributed by atoms with van der Waals surface area (Å²) in [6.07, 6.45) is 3.09. The van der Waals surface area contributed by atoms with Crippen LogP contribution in [0, 0.1) is 5.82 Å². The lowest BCUT2D eigenvalue weighted by Gasteiger charge is -2.34. The molecule has 0 saturated carbocycles. The van der Waals surface area contributed by atoms with Crippen LogP contribution in [0.3, 0.4) is 0 Å². The minimum absolute atomic E-state index is 0.0665. The van der Waals surface area contributed by atoms with Crippen LogP contribution in [0.1, 0.15) is 5.56 Å². The van der Waals surface area contributed by atoms with Crippen molar-refractivity contribution in [2.45, 2.75) is 0 Å². The van der Waals surface area contributed by atoms with E-state index < -0.39 is 0 Å². The summed E-state index contributed by atoms with van der Waals surface area (Å²) in [5.41, 5.74) is 1.45. The van der Waals surface area contributed by atoms with E-state index in [1.807, 2.05) is 35.2 Å². The van der Waals surface area contributed by atoms with Gasteiger partial charge < -0.3 is 15.5 Å². The van der Waals surface area contributed by atoms with Crippen molar-refractivity contribution in [3.05, 3.63) is 72.1 Å². The summed E-state index contributed by atoms with van der Waals surface area (Å²) in [5, 5.41) is 5.33. The monoisotopic (exact) mass is 424 g/mol. The maximum Gasteiger partial charge on any atom is 0.244 e. The molecular weight excluding hydrogens is 399 g/mol. The van der Waals surface area contributed by atoms with Gasteiger partial charge in [-0.3, -0.25) is 19.3 Å². The van der Waals surface area contributed by atoms with Crippen LogP contribution in [0.15, 0.2) is 60.7 Å². The molecule has 162 valence electrons. The van der Waals surface area contributed by atoms with E-state index in [9.17, 15) is 18.8 Å². The molecule has 0 radical (unpaired) electrons. The molecular formula is C23H25FN4O3. The number of piperazine rings is 1. The van der Waals surface area contributed by atoms with Gasteiger partial charge in [-0.1, -0.05) is 30.3 Å². The molecule has 31 heavy (non-hydrogen) atoms. The van der Waals surface area contributed by atoms with E-state index in [0.29, 0.717) is 31.9 Å². The minimum atomic E-state index is -0.359. The van der Waals surface area contributed by atoms with Gasteiger partial charge in [-0.2, -0.15) is 0 Å². The van der Waals surface area contributed by atoms with Crippen LogP contribution < -0.4 is 10.6 Å². The topological polar surface area (TPSA) is 81.8 Å². The number of nitrogens with zero attached hydrogens (tertiary/aromatic N) is 2. The number of halogens is 1. The van der Waals surface area contributed by atoms with Crippen molar-refractivity contribution in [2.24, 2.45) is 0 Å². The number of amides is 3. The Balaban J connectivity index is 1.35. The normalized spacial score (nSPS) is 14.4. The van der Waals surface area contributed by atoms with Crippen molar-refractivity contribution in [2.75, 3.05) is 44.6 Å². The summed E-state index contributed by atoms with van der Waals surface area (Å²) in [5.74, 6) is -1.03. The highest BCUT2D eigenvalue weighted by Crippen LogP contribution is 2.09. The van der Waals surface area contributed by atoms with Crippen LogP contribution in [-0.4, -0.2) is 66.8 Å². The van der Waals surface area contributed by atoms with Crippen LogP contribution in [0.2, 0.25) is 0 Å². The highest BCUT2D eigenvalue weighted by atomic mass is 19.1. The number of carbonyl (C=O) groups is 3. The van der Waals surface area contributed by atoms with Crippen molar-refractivity contribution in [3.8, 4) is 0 Å². The van der Waals surface area contributed by atoms with Crippen LogP contribution in [0.25, 0.3) is 6.08 Å². The van der Waals surface area contributed by atoms with Gasteiger partial charge in [0.25, 0.3) is 0 Å². The van der Waals surface area contributed by atoms with Crippen molar-refractivity contribution in [1.82, 2.24) is 15.1 Å². The molecule has 0 spiro atoms. The number of hydrogen-bond donors (Lipinski definition) is 2. The van der Waals surface area contributed by atoms with Crippen molar-refractivity contribution >= 4 is 29.5 Å². The quantitative estimate of drug-likeness (QED) is 0.664. The average molecular weight is 424 g/mol. The fraction of sp³-hybridized carbons (Fsp3) is 0.261. The predicted molar refractivity (Wildman–Crippen MR) is 117 cm³/mol.